The number of rotatable bonds is 3. The first-order chi connectivity index (χ1) is 11.6. The van der Waals surface area contributed by atoms with Gasteiger partial charge in [0.05, 0.1) is 11.6 Å². The molecule has 0 saturated carbocycles. The first kappa shape index (κ1) is 14.7. The van der Waals surface area contributed by atoms with Crippen LogP contribution in [0.4, 0.5) is 0 Å². The minimum atomic E-state index is -0.0540. The molecule has 8 nitrogen and oxygen atoms in total. The summed E-state index contributed by atoms with van der Waals surface area (Å²) in [5.74, 6) is 1.28. The van der Waals surface area contributed by atoms with Crippen molar-refractivity contribution >= 4 is 5.91 Å². The molecule has 1 amide bonds. The summed E-state index contributed by atoms with van der Waals surface area (Å²) in [5.41, 5.74) is 2.22. The van der Waals surface area contributed by atoms with E-state index in [0.717, 1.165) is 17.8 Å². The molecule has 0 spiro atoms. The highest BCUT2D eigenvalue weighted by molar-refractivity contribution is 5.93. The number of H-pyrrole nitrogens is 1. The number of aryl methyl sites for hydroxylation is 2. The molecule has 1 fully saturated rings. The Labute approximate surface area is 138 Å². The number of aromatic amines is 1. The molecule has 3 aromatic heterocycles. The summed E-state index contributed by atoms with van der Waals surface area (Å²) in [7, 11) is 1.95. The molecular formula is C16H18N6O2. The molecular weight excluding hydrogens is 308 g/mol. The summed E-state index contributed by atoms with van der Waals surface area (Å²) in [6.45, 7) is 3.04. The van der Waals surface area contributed by atoms with Crippen LogP contribution in [0.3, 0.4) is 0 Å². The Kier molecular flexibility index (Phi) is 3.44. The minimum Gasteiger partial charge on any atom is -0.349 e. The quantitative estimate of drug-likeness (QED) is 0.791. The van der Waals surface area contributed by atoms with Crippen molar-refractivity contribution in [3.63, 3.8) is 0 Å². The van der Waals surface area contributed by atoms with Crippen LogP contribution in [-0.4, -0.2) is 48.8 Å². The van der Waals surface area contributed by atoms with Crippen LogP contribution in [0, 0.1) is 6.92 Å². The van der Waals surface area contributed by atoms with Crippen LogP contribution in [0.25, 0.3) is 11.4 Å². The van der Waals surface area contributed by atoms with Crippen LogP contribution < -0.4 is 0 Å². The number of hydrogen-bond acceptors (Lipinski definition) is 5. The fourth-order valence-corrected chi connectivity index (χ4v) is 3.09. The van der Waals surface area contributed by atoms with E-state index in [1.165, 1.54) is 0 Å². The second-order valence-electron chi connectivity index (χ2n) is 6.09. The van der Waals surface area contributed by atoms with E-state index in [9.17, 15) is 4.79 Å². The van der Waals surface area contributed by atoms with E-state index in [1.54, 1.807) is 17.9 Å². The summed E-state index contributed by atoms with van der Waals surface area (Å²) in [5, 5.41) is 10.9. The Bertz CT molecular complexity index is 877. The molecule has 8 heteroatoms. The molecule has 4 heterocycles. The Morgan fingerprint density at radius 1 is 1.46 bits per heavy atom. The number of amides is 1. The second kappa shape index (κ2) is 5.63. The highest BCUT2D eigenvalue weighted by Gasteiger charge is 2.32. The maximum atomic E-state index is 12.7. The van der Waals surface area contributed by atoms with Crippen molar-refractivity contribution < 1.29 is 9.32 Å². The Morgan fingerprint density at radius 2 is 2.33 bits per heavy atom. The molecule has 0 aliphatic carbocycles. The van der Waals surface area contributed by atoms with Crippen molar-refractivity contribution in [2.45, 2.75) is 19.3 Å². The lowest BCUT2D eigenvalue weighted by Gasteiger charge is -2.14. The predicted molar refractivity (Wildman–Crippen MR) is 85.3 cm³/mol. The Balaban J connectivity index is 1.49. The van der Waals surface area contributed by atoms with E-state index >= 15 is 0 Å². The third kappa shape index (κ3) is 2.49. The summed E-state index contributed by atoms with van der Waals surface area (Å²) in [6.07, 6.45) is 2.77. The van der Waals surface area contributed by atoms with E-state index in [0.29, 0.717) is 30.5 Å². The summed E-state index contributed by atoms with van der Waals surface area (Å²) >= 11 is 0. The van der Waals surface area contributed by atoms with Crippen LogP contribution in [-0.2, 0) is 7.05 Å². The number of hydrogen-bond donors (Lipinski definition) is 1. The van der Waals surface area contributed by atoms with E-state index in [-0.39, 0.29) is 11.8 Å². The highest BCUT2D eigenvalue weighted by atomic mass is 16.5. The molecule has 0 radical (unpaired) electrons. The van der Waals surface area contributed by atoms with E-state index < -0.39 is 0 Å². The SMILES string of the molecule is Cc1noc([C@H]2CCN(C(=O)c3cc(-c4cccn4C)n[nH]3)C2)n1. The first-order valence-corrected chi connectivity index (χ1v) is 7.88. The molecule has 0 unspecified atom stereocenters. The molecule has 1 N–H and O–H groups in total. The van der Waals surface area contributed by atoms with Crippen molar-refractivity contribution in [1.29, 1.82) is 0 Å². The van der Waals surface area contributed by atoms with Crippen molar-refractivity contribution in [1.82, 2.24) is 29.8 Å². The minimum absolute atomic E-state index is 0.0540. The van der Waals surface area contributed by atoms with Gasteiger partial charge in [-0.1, -0.05) is 5.16 Å². The summed E-state index contributed by atoms with van der Waals surface area (Å²) < 4.78 is 7.19. The number of aromatic nitrogens is 5. The van der Waals surface area contributed by atoms with Gasteiger partial charge in [-0.05, 0) is 31.5 Å². The fraction of sp³-hybridized carbons (Fsp3) is 0.375. The van der Waals surface area contributed by atoms with Crippen molar-refractivity contribution in [2.75, 3.05) is 13.1 Å². The highest BCUT2D eigenvalue weighted by Crippen LogP contribution is 2.27. The first-order valence-electron chi connectivity index (χ1n) is 7.88. The van der Waals surface area contributed by atoms with Gasteiger partial charge in [-0.15, -0.1) is 0 Å². The zero-order valence-corrected chi connectivity index (χ0v) is 13.6. The zero-order chi connectivity index (χ0) is 16.7. The average Bonchev–Trinajstić information content (AvgIpc) is 3.33. The summed E-state index contributed by atoms with van der Waals surface area (Å²) in [4.78, 5) is 18.7. The van der Waals surface area contributed by atoms with E-state index in [1.807, 2.05) is 29.9 Å². The Hall–Kier alpha value is -2.90. The van der Waals surface area contributed by atoms with Crippen LogP contribution >= 0.6 is 0 Å². The fourth-order valence-electron chi connectivity index (χ4n) is 3.09. The second-order valence-corrected chi connectivity index (χ2v) is 6.09. The predicted octanol–water partition coefficient (Wildman–Crippen LogP) is 1.74. The molecule has 3 aromatic rings. The molecule has 4 rings (SSSR count). The van der Waals surface area contributed by atoms with Crippen LogP contribution in [0.1, 0.15) is 34.5 Å². The smallest absolute Gasteiger partial charge is 0.271 e. The van der Waals surface area contributed by atoms with Crippen molar-refractivity contribution in [3.05, 3.63) is 41.8 Å². The monoisotopic (exact) mass is 326 g/mol. The maximum absolute atomic E-state index is 12.7. The molecule has 124 valence electrons. The van der Waals surface area contributed by atoms with Crippen LogP contribution in [0.2, 0.25) is 0 Å². The molecule has 1 aliphatic rings. The molecule has 0 bridgehead atoms. The van der Waals surface area contributed by atoms with Gasteiger partial charge in [0, 0.05) is 26.3 Å². The largest absolute Gasteiger partial charge is 0.349 e. The van der Waals surface area contributed by atoms with Crippen LogP contribution in [0.15, 0.2) is 28.9 Å². The van der Waals surface area contributed by atoms with Crippen molar-refractivity contribution in [2.24, 2.45) is 7.05 Å². The topological polar surface area (TPSA) is 92.8 Å². The van der Waals surface area contributed by atoms with Gasteiger partial charge >= 0.3 is 0 Å². The van der Waals surface area contributed by atoms with Gasteiger partial charge in [0.2, 0.25) is 5.89 Å². The molecule has 1 aliphatic heterocycles. The van der Waals surface area contributed by atoms with Gasteiger partial charge in [0.1, 0.15) is 11.4 Å². The number of carbonyl (C=O) groups is 1. The maximum Gasteiger partial charge on any atom is 0.271 e. The molecule has 1 atom stereocenters. The summed E-state index contributed by atoms with van der Waals surface area (Å²) in [6, 6.07) is 5.71. The Morgan fingerprint density at radius 3 is 3.04 bits per heavy atom. The van der Waals surface area contributed by atoms with Gasteiger partial charge in [-0.2, -0.15) is 10.1 Å². The molecule has 0 aromatic carbocycles. The van der Waals surface area contributed by atoms with E-state index in [4.69, 9.17) is 4.52 Å². The van der Waals surface area contributed by atoms with Crippen LogP contribution in [0.5, 0.6) is 0 Å². The zero-order valence-electron chi connectivity index (χ0n) is 13.6. The normalized spacial score (nSPS) is 17.6. The van der Waals surface area contributed by atoms with Gasteiger partial charge in [0.25, 0.3) is 5.91 Å². The third-order valence-corrected chi connectivity index (χ3v) is 4.38. The lowest BCUT2D eigenvalue weighted by molar-refractivity contribution is 0.0783. The van der Waals surface area contributed by atoms with Gasteiger partial charge in [-0.3, -0.25) is 9.89 Å². The number of carbonyl (C=O) groups excluding carboxylic acids is 1. The number of nitrogens with zero attached hydrogens (tertiary/aromatic N) is 5. The van der Waals surface area contributed by atoms with Gasteiger partial charge < -0.3 is 14.0 Å². The average molecular weight is 326 g/mol. The van der Waals surface area contributed by atoms with E-state index in [2.05, 4.69) is 20.3 Å². The van der Waals surface area contributed by atoms with Crippen molar-refractivity contribution in [3.8, 4) is 11.4 Å². The number of likely N-dealkylation sites (tertiary alicyclic amines) is 1. The van der Waals surface area contributed by atoms with Gasteiger partial charge in [-0.25, -0.2) is 0 Å². The molecule has 1 saturated heterocycles. The lowest BCUT2D eigenvalue weighted by atomic mass is 10.1. The third-order valence-electron chi connectivity index (χ3n) is 4.38. The standard InChI is InChI=1S/C16H18N6O2/c1-10-17-15(24-20-10)11-5-7-22(9-11)16(23)13-8-12(18-19-13)14-4-3-6-21(14)2/h3-4,6,8,11H,5,7,9H2,1-2H3,(H,18,19)/t11-/m0/s1. The lowest BCUT2D eigenvalue weighted by Crippen LogP contribution is -2.28. The van der Waals surface area contributed by atoms with Gasteiger partial charge in [0.15, 0.2) is 5.82 Å². The number of nitrogens with one attached hydrogen (secondary N) is 1. The molecule has 24 heavy (non-hydrogen) atoms.